The highest BCUT2D eigenvalue weighted by atomic mass is 19.1. The zero-order valence-corrected chi connectivity index (χ0v) is 11.0. The Balaban J connectivity index is 2.21. The molecule has 0 aliphatic rings. The van der Waals surface area contributed by atoms with Gasteiger partial charge in [0.1, 0.15) is 11.5 Å². The average Bonchev–Trinajstić information content (AvgIpc) is 2.82. The van der Waals surface area contributed by atoms with Gasteiger partial charge < -0.3 is 5.32 Å². The maximum atomic E-state index is 13.6. The number of halogens is 1. The van der Waals surface area contributed by atoms with E-state index in [0.717, 1.165) is 12.0 Å². The number of carbonyl (C=O) groups is 1. The van der Waals surface area contributed by atoms with E-state index in [9.17, 15) is 9.18 Å². The first-order chi connectivity index (χ1) is 9.11. The molecule has 1 heterocycles. The van der Waals surface area contributed by atoms with Crippen molar-refractivity contribution in [2.24, 2.45) is 0 Å². The molecule has 0 aliphatic heterocycles. The lowest BCUT2D eigenvalue weighted by Crippen LogP contribution is -2.18. The molecule has 0 aliphatic carbocycles. The van der Waals surface area contributed by atoms with Crippen molar-refractivity contribution >= 4 is 11.6 Å². The molecule has 19 heavy (non-hydrogen) atoms. The minimum Gasteiger partial charge on any atom is -0.318 e. The summed E-state index contributed by atoms with van der Waals surface area (Å²) in [6.45, 7) is 4.51. The number of carbonyl (C=O) groups excluding carboxylic acids is 1. The number of rotatable bonds is 4. The summed E-state index contributed by atoms with van der Waals surface area (Å²) in [5.74, 6) is -0.795. The van der Waals surface area contributed by atoms with Crippen LogP contribution in [0.4, 0.5) is 10.1 Å². The van der Waals surface area contributed by atoms with Gasteiger partial charge in [0.15, 0.2) is 0 Å². The number of anilines is 1. The van der Waals surface area contributed by atoms with E-state index in [1.807, 2.05) is 13.8 Å². The van der Waals surface area contributed by atoms with Crippen molar-refractivity contribution in [1.82, 2.24) is 9.78 Å². The lowest BCUT2D eigenvalue weighted by Gasteiger charge is -2.09. The lowest BCUT2D eigenvalue weighted by atomic mass is 10.2. The minimum absolute atomic E-state index is 0.189. The van der Waals surface area contributed by atoms with Crippen molar-refractivity contribution in [2.75, 3.05) is 5.32 Å². The van der Waals surface area contributed by atoms with Gasteiger partial charge in [-0.15, -0.1) is 0 Å². The maximum Gasteiger partial charge on any atom is 0.274 e. The summed E-state index contributed by atoms with van der Waals surface area (Å²) < 4.78 is 15.2. The third-order valence-corrected chi connectivity index (χ3v) is 2.75. The second-order valence-electron chi connectivity index (χ2n) is 4.38. The van der Waals surface area contributed by atoms with Gasteiger partial charge in [-0.1, -0.05) is 13.0 Å². The number of hydrogen-bond acceptors (Lipinski definition) is 2. The molecule has 2 rings (SSSR count). The van der Waals surface area contributed by atoms with Gasteiger partial charge in [-0.2, -0.15) is 5.10 Å². The number of aromatic nitrogens is 2. The molecule has 100 valence electrons. The van der Waals surface area contributed by atoms with Gasteiger partial charge >= 0.3 is 0 Å². The summed E-state index contributed by atoms with van der Waals surface area (Å²) in [4.78, 5) is 12.1. The van der Waals surface area contributed by atoms with Crippen LogP contribution in [0.15, 0.2) is 30.5 Å². The molecule has 2 aromatic rings. The predicted octanol–water partition coefficient (Wildman–Crippen LogP) is 2.99. The first-order valence-corrected chi connectivity index (χ1v) is 6.21. The molecule has 0 radical (unpaired) electrons. The van der Waals surface area contributed by atoms with Crippen LogP contribution in [0.5, 0.6) is 0 Å². The monoisotopic (exact) mass is 261 g/mol. The molecule has 1 amide bonds. The largest absolute Gasteiger partial charge is 0.318 e. The summed E-state index contributed by atoms with van der Waals surface area (Å²) in [6, 6.07) is 6.23. The van der Waals surface area contributed by atoms with Crippen LogP contribution >= 0.6 is 0 Å². The van der Waals surface area contributed by atoms with Crippen LogP contribution in [-0.2, 0) is 6.54 Å². The zero-order chi connectivity index (χ0) is 13.8. The molecule has 1 aromatic heterocycles. The molecular weight excluding hydrogens is 245 g/mol. The first-order valence-electron chi connectivity index (χ1n) is 6.21. The molecule has 4 nitrogen and oxygen atoms in total. The topological polar surface area (TPSA) is 46.9 Å². The number of amides is 1. The Morgan fingerprint density at radius 3 is 2.95 bits per heavy atom. The number of aryl methyl sites for hydroxylation is 2. The second kappa shape index (κ2) is 5.65. The quantitative estimate of drug-likeness (QED) is 0.919. The summed E-state index contributed by atoms with van der Waals surface area (Å²) in [5.41, 5.74) is 1.51. The highest BCUT2D eigenvalue weighted by Crippen LogP contribution is 2.16. The fraction of sp³-hybridized carbons (Fsp3) is 0.286. The Bertz CT molecular complexity index is 592. The molecule has 1 aromatic carbocycles. The van der Waals surface area contributed by atoms with Crippen molar-refractivity contribution in [3.8, 4) is 0 Å². The predicted molar refractivity (Wildman–Crippen MR) is 71.6 cm³/mol. The van der Waals surface area contributed by atoms with Gasteiger partial charge in [-0.25, -0.2) is 4.39 Å². The van der Waals surface area contributed by atoms with Gasteiger partial charge in [-0.3, -0.25) is 9.48 Å². The number of benzene rings is 1. The summed E-state index contributed by atoms with van der Waals surface area (Å²) in [5, 5.41) is 6.65. The van der Waals surface area contributed by atoms with E-state index in [0.29, 0.717) is 12.2 Å². The number of nitrogens with one attached hydrogen (secondary N) is 1. The Kier molecular flexibility index (Phi) is 3.94. The number of nitrogens with zero attached hydrogens (tertiary/aromatic N) is 2. The third kappa shape index (κ3) is 2.99. The fourth-order valence-corrected chi connectivity index (χ4v) is 1.84. The van der Waals surface area contributed by atoms with E-state index in [1.165, 1.54) is 6.07 Å². The van der Waals surface area contributed by atoms with Crippen molar-refractivity contribution in [3.63, 3.8) is 0 Å². The van der Waals surface area contributed by atoms with Crippen molar-refractivity contribution in [1.29, 1.82) is 0 Å². The minimum atomic E-state index is -0.444. The smallest absolute Gasteiger partial charge is 0.274 e. The van der Waals surface area contributed by atoms with E-state index in [2.05, 4.69) is 10.4 Å². The Morgan fingerprint density at radius 1 is 1.42 bits per heavy atom. The highest BCUT2D eigenvalue weighted by molar-refractivity contribution is 6.03. The Morgan fingerprint density at radius 2 is 2.21 bits per heavy atom. The molecule has 1 N–H and O–H groups in total. The first kappa shape index (κ1) is 13.3. The van der Waals surface area contributed by atoms with Crippen LogP contribution in [0.25, 0.3) is 0 Å². The molecule has 0 unspecified atom stereocenters. The third-order valence-electron chi connectivity index (χ3n) is 2.75. The molecule has 0 fully saturated rings. The molecule has 5 heteroatoms. The summed E-state index contributed by atoms with van der Waals surface area (Å²) >= 11 is 0. The standard InChI is InChI=1S/C14H16FN3O/c1-3-8-18-13(6-7-16-18)14(19)17-12-9-10(2)4-5-11(12)15/h4-7,9H,3,8H2,1-2H3,(H,17,19). The van der Waals surface area contributed by atoms with Crippen LogP contribution in [0.1, 0.15) is 29.4 Å². The maximum absolute atomic E-state index is 13.6. The van der Waals surface area contributed by atoms with Crippen LogP contribution in [0.3, 0.4) is 0 Å². The Hall–Kier alpha value is -2.17. The van der Waals surface area contributed by atoms with Crippen molar-refractivity contribution in [2.45, 2.75) is 26.8 Å². The van der Waals surface area contributed by atoms with E-state index >= 15 is 0 Å². The normalized spacial score (nSPS) is 10.5. The molecule has 0 saturated carbocycles. The average molecular weight is 261 g/mol. The van der Waals surface area contributed by atoms with E-state index in [1.54, 1.807) is 29.1 Å². The van der Waals surface area contributed by atoms with E-state index in [-0.39, 0.29) is 11.6 Å². The molecule has 0 atom stereocenters. The van der Waals surface area contributed by atoms with Gasteiger partial charge in [-0.05, 0) is 37.1 Å². The fourth-order valence-electron chi connectivity index (χ4n) is 1.84. The SMILES string of the molecule is CCCn1nccc1C(=O)Nc1cc(C)ccc1F. The van der Waals surface area contributed by atoms with Crippen LogP contribution in [-0.4, -0.2) is 15.7 Å². The van der Waals surface area contributed by atoms with Crippen LogP contribution in [0, 0.1) is 12.7 Å². The van der Waals surface area contributed by atoms with Crippen LogP contribution in [0.2, 0.25) is 0 Å². The van der Waals surface area contributed by atoms with Gasteiger partial charge in [0.2, 0.25) is 0 Å². The Labute approximate surface area is 111 Å². The van der Waals surface area contributed by atoms with E-state index < -0.39 is 5.82 Å². The molecule has 0 spiro atoms. The summed E-state index contributed by atoms with van der Waals surface area (Å²) in [7, 11) is 0. The lowest BCUT2D eigenvalue weighted by molar-refractivity contribution is 0.101. The van der Waals surface area contributed by atoms with Crippen molar-refractivity contribution in [3.05, 3.63) is 47.5 Å². The van der Waals surface area contributed by atoms with Gasteiger partial charge in [0.25, 0.3) is 5.91 Å². The molecule has 0 saturated heterocycles. The molecule has 0 bridgehead atoms. The van der Waals surface area contributed by atoms with E-state index in [4.69, 9.17) is 0 Å². The summed E-state index contributed by atoms with van der Waals surface area (Å²) in [6.07, 6.45) is 2.44. The number of hydrogen-bond donors (Lipinski definition) is 1. The van der Waals surface area contributed by atoms with Crippen molar-refractivity contribution < 1.29 is 9.18 Å². The highest BCUT2D eigenvalue weighted by Gasteiger charge is 2.13. The zero-order valence-electron chi connectivity index (χ0n) is 11.0. The van der Waals surface area contributed by atoms with Gasteiger partial charge in [0.05, 0.1) is 5.69 Å². The molecular formula is C14H16FN3O. The second-order valence-corrected chi connectivity index (χ2v) is 4.38. The van der Waals surface area contributed by atoms with Crippen LogP contribution < -0.4 is 5.32 Å². The van der Waals surface area contributed by atoms with Gasteiger partial charge in [0, 0.05) is 12.7 Å².